The number of nitrogens with two attached hydrogens (primary N) is 4. The number of carboxylic acids is 16. The summed E-state index contributed by atoms with van der Waals surface area (Å²) in [6.45, 7) is 25.9. The smallest absolute Gasteiger partial charge is 0.545 e. The van der Waals surface area contributed by atoms with Crippen LogP contribution in [0, 0.1) is 151 Å². The largest absolute Gasteiger partial charge is 3.00 e. The van der Waals surface area contributed by atoms with Gasteiger partial charge in [-0.05, 0) is 257 Å². The minimum atomic E-state index is -1.14. The van der Waals surface area contributed by atoms with Crippen LogP contribution in [0.1, 0.15) is 111 Å². The van der Waals surface area contributed by atoms with Gasteiger partial charge in [0.1, 0.15) is 44.1 Å². The Kier molecular flexibility index (Phi) is 141. The molecule has 776 valence electrons. The van der Waals surface area contributed by atoms with Crippen molar-refractivity contribution in [2.45, 2.75) is 111 Å². The zero-order valence-corrected chi connectivity index (χ0v) is 86.0. The number of hydrogen-bond acceptors (Lipinski definition) is 36. The van der Waals surface area contributed by atoms with Crippen molar-refractivity contribution < 1.29 is 329 Å². The van der Waals surface area contributed by atoms with Crippen LogP contribution in [0.5, 0.6) is 0 Å². The van der Waals surface area contributed by atoms with Crippen molar-refractivity contribution in [2.75, 3.05) is 22.9 Å². The number of carbonyl (C=O) groups excluding carboxylic acids is 16. The van der Waals surface area contributed by atoms with Crippen LogP contribution < -0.4 is 125 Å². The Balaban J connectivity index is -0.0000000829. The van der Waals surface area contributed by atoms with E-state index in [1.807, 2.05) is 97.1 Å². The Morgan fingerprint density at radius 2 is 0.257 bits per heavy atom. The first-order valence-electron chi connectivity index (χ1n) is 38.2. The molecule has 0 fully saturated rings. The summed E-state index contributed by atoms with van der Waals surface area (Å²) in [5, 5.41) is 150. The number of imidazole rings is 4. The molecule has 140 heavy (non-hydrogen) atoms. The van der Waals surface area contributed by atoms with Crippen LogP contribution in [-0.2, 0) is 76.7 Å². The van der Waals surface area contributed by atoms with E-state index in [2.05, 4.69) is 39.9 Å². The third kappa shape index (κ3) is 155. The summed E-state index contributed by atoms with van der Waals surface area (Å²) in [6, 6.07) is 31.5. The molecule has 0 atom stereocenters. The fraction of sp³-hybridized carbons (Fsp3) is 0.174. The van der Waals surface area contributed by atoms with Gasteiger partial charge in [0.25, 0.3) is 0 Å². The third-order valence-corrected chi connectivity index (χ3v) is 10.7. The molecular formula is C92H112Ho4N12O32. The van der Waals surface area contributed by atoms with E-state index in [9.17, 15) is 158 Å². The second-order valence-corrected chi connectivity index (χ2v) is 21.9. The molecule has 4 heterocycles. The fourth-order valence-electron chi connectivity index (χ4n) is 6.27. The summed E-state index contributed by atoms with van der Waals surface area (Å²) in [5.74, 6) is -15.9. The summed E-state index contributed by atoms with van der Waals surface area (Å²) in [6.07, 6.45) is 38.1. The summed E-state index contributed by atoms with van der Waals surface area (Å²) >= 11 is 0. The van der Waals surface area contributed by atoms with E-state index < -0.39 is 95.5 Å². The van der Waals surface area contributed by atoms with E-state index in [0.29, 0.717) is 23.8 Å². The molecule has 0 saturated carbocycles. The number of aliphatic carboxylic acids is 16. The number of benzene rings is 4. The van der Waals surface area contributed by atoms with E-state index in [-0.39, 0.29) is 151 Å². The van der Waals surface area contributed by atoms with Gasteiger partial charge in [-0.25, -0.2) is 39.9 Å². The molecule has 16 N–H and O–H groups in total. The standard InChI is InChI=1S/4C7H7N3.16C4H6O2.4Ho/c4*8-7-9-5-3-1-2-4-6(5)10-7;16*1-2-3-4(5)6;;;;/h4*1-4H,(H3,8,9,10);16*2-3H,1H3,(H,5,6);;;;/q;;;;;;;;;;;;;;;;;;;;4*+3/p-12/b;;;;16*3-2+;;;;. The molecule has 8 rings (SSSR count). The van der Waals surface area contributed by atoms with Gasteiger partial charge >= 0.3 is 175 Å². The van der Waals surface area contributed by atoms with Crippen LogP contribution in [0.3, 0.4) is 0 Å². The first-order valence-corrected chi connectivity index (χ1v) is 38.2. The molecule has 0 radical (unpaired) electrons. The molecule has 0 spiro atoms. The predicted molar refractivity (Wildman–Crippen MR) is 474 cm³/mol. The van der Waals surface area contributed by atoms with Gasteiger partial charge in [0.15, 0.2) is 0 Å². The Labute approximate surface area is 928 Å². The number of anilines is 4. The summed E-state index contributed by atoms with van der Waals surface area (Å²) in [7, 11) is 0. The fourth-order valence-corrected chi connectivity index (χ4v) is 6.27. The topological polar surface area (TPSA) is 866 Å². The van der Waals surface area contributed by atoms with Crippen LogP contribution in [0.15, 0.2) is 291 Å². The maximum Gasteiger partial charge on any atom is 3.00 e. The molecule has 0 unspecified atom stereocenters. The normalized spacial score (nSPS) is 9.49. The molecule has 0 aliphatic carbocycles. The van der Waals surface area contributed by atoms with Gasteiger partial charge in [0, 0.05) is 0 Å². The zero-order valence-electron chi connectivity index (χ0n) is 78.3. The van der Waals surface area contributed by atoms with Gasteiger partial charge in [0.2, 0.25) is 0 Å². The van der Waals surface area contributed by atoms with Crippen molar-refractivity contribution >= 4 is 163 Å². The number of hydrogen-bond donors (Lipinski definition) is 8. The number of fused-ring (bicyclic) bond motifs is 4. The van der Waals surface area contributed by atoms with Crippen LogP contribution in [0.2, 0.25) is 0 Å². The number of carboxylic acid groups (broad SMARTS) is 16. The van der Waals surface area contributed by atoms with Crippen LogP contribution in [-0.4, -0.2) is 115 Å². The Bertz CT molecular complexity index is 4140. The molecular weight excluding hydrogens is 2440 g/mol. The number of rotatable bonds is 16. The maximum absolute atomic E-state index is 9.40. The Hall–Kier alpha value is -13.6. The van der Waals surface area contributed by atoms with Crippen molar-refractivity contribution in [3.63, 3.8) is 0 Å². The average Bonchev–Trinajstić information content (AvgIpc) is 1.74. The molecule has 0 aliphatic heterocycles. The molecule has 0 amide bonds. The molecule has 0 bridgehead atoms. The SMILES string of the molecule is C/C=C/C(=O)[O-].C/C=C/C(=O)[O-].C/C=C/C(=O)[O-].C/C=C/C(=O)[O-].C/C=C/C(=O)[O-].C/C=C/C(=O)[O-].C/C=C/C(=O)[O-].C/C=C/C(=O)[O-].C/C=C/C(=O)[O-].C/C=C/C(=O)[O-].C/C=C/C(=O)[O-].C/C=C/C(=O)[O-].C/C=C/C(=O)[O-].C/C=C/C(=O)[O-].C/C=C/C(=O)[O-].C/C=C/C(=O)[O-].Nc1[nH]c2ccccc2[nH+]1.Nc1[nH]c2ccccc2[nH+]1.Nc1[nH]c2ccccc2[nH+]1.Nc1[nH]c2ccccc2[nH+]1.[Ho+3].[Ho+3].[Ho+3].[Ho+3]. The molecule has 0 saturated heterocycles. The number of allylic oxidation sites excluding steroid dienone is 16. The number of nitrogens with one attached hydrogen (secondary N) is 8. The zero-order chi connectivity index (χ0) is 108. The molecule has 48 heteroatoms. The molecule has 44 nitrogen and oxygen atoms in total. The second-order valence-electron chi connectivity index (χ2n) is 21.9. The minimum absolute atomic E-state index is 0. The molecule has 0 aliphatic rings. The number of aromatic amines is 8. The number of para-hydroxylation sites is 8. The number of carbonyl (C=O) groups is 16. The number of aromatic nitrogens is 8. The molecule has 4 aromatic heterocycles. The van der Waals surface area contributed by atoms with Crippen LogP contribution >= 0.6 is 0 Å². The summed E-state index contributed by atoms with van der Waals surface area (Å²) in [5.41, 5.74) is 30.3. The van der Waals surface area contributed by atoms with Crippen molar-refractivity contribution in [1.82, 2.24) is 19.9 Å². The van der Waals surface area contributed by atoms with Gasteiger partial charge in [-0.15, -0.1) is 0 Å². The molecule has 4 aromatic carbocycles. The van der Waals surface area contributed by atoms with Gasteiger partial charge in [-0.1, -0.05) is 146 Å². The number of nitrogen functional groups attached to an aromatic ring is 4. The minimum Gasteiger partial charge on any atom is -0.545 e. The third-order valence-electron chi connectivity index (χ3n) is 10.7. The van der Waals surface area contributed by atoms with E-state index >= 15 is 0 Å². The number of H-pyrrole nitrogens is 8. The van der Waals surface area contributed by atoms with Crippen LogP contribution in [0.4, 0.5) is 23.8 Å². The quantitative estimate of drug-likeness (QED) is 0.0329. The van der Waals surface area contributed by atoms with Crippen molar-refractivity contribution in [2.24, 2.45) is 0 Å². The first-order chi connectivity index (χ1) is 63.8. The average molecular weight is 2560 g/mol. The van der Waals surface area contributed by atoms with Gasteiger partial charge in [-0.3, -0.25) is 22.9 Å². The van der Waals surface area contributed by atoms with E-state index in [4.69, 9.17) is 22.9 Å². The monoisotopic (exact) mass is 2560 g/mol. The predicted octanol–water partition coefficient (Wildman–Crippen LogP) is -8.74. The van der Waals surface area contributed by atoms with Crippen molar-refractivity contribution in [1.29, 1.82) is 0 Å². The maximum atomic E-state index is 9.40. The van der Waals surface area contributed by atoms with Crippen LogP contribution in [0.25, 0.3) is 44.1 Å². The summed E-state index contributed by atoms with van der Waals surface area (Å²) in [4.78, 5) is 174. The van der Waals surface area contributed by atoms with Crippen molar-refractivity contribution in [3.8, 4) is 0 Å². The van der Waals surface area contributed by atoms with E-state index in [1.54, 1.807) is 111 Å². The van der Waals surface area contributed by atoms with Gasteiger partial charge in [0.05, 0.1) is 95.5 Å². The van der Waals surface area contributed by atoms with Gasteiger partial charge in [-0.2, -0.15) is 0 Å². The first kappa shape index (κ1) is 163. The second kappa shape index (κ2) is 121. The van der Waals surface area contributed by atoms with Gasteiger partial charge < -0.3 is 158 Å². The van der Waals surface area contributed by atoms with Crippen molar-refractivity contribution in [3.05, 3.63) is 291 Å². The Morgan fingerprint density at radius 1 is 0.179 bits per heavy atom. The Morgan fingerprint density at radius 3 is 0.314 bits per heavy atom. The van der Waals surface area contributed by atoms with E-state index in [1.165, 1.54) is 97.2 Å². The van der Waals surface area contributed by atoms with E-state index in [0.717, 1.165) is 141 Å². The molecule has 8 aromatic rings. The summed E-state index contributed by atoms with van der Waals surface area (Å²) < 4.78 is 0.